The molecule has 2 N–H and O–H groups in total. The van der Waals surface area contributed by atoms with Crippen LogP contribution in [-0.4, -0.2) is 65.4 Å². The molecule has 170 valence electrons. The van der Waals surface area contributed by atoms with Gasteiger partial charge in [-0.2, -0.15) is 0 Å². The zero-order valence-corrected chi connectivity index (χ0v) is 18.3. The Balaban J connectivity index is 1.52. The highest BCUT2D eigenvalue weighted by atomic mass is 16.6. The second kappa shape index (κ2) is 7.92. The first-order valence-corrected chi connectivity index (χ1v) is 10.6. The number of ether oxygens (including phenoxy) is 1. The van der Waals surface area contributed by atoms with Crippen LogP contribution in [0.15, 0.2) is 18.2 Å². The van der Waals surface area contributed by atoms with E-state index in [-0.39, 0.29) is 30.0 Å². The van der Waals surface area contributed by atoms with E-state index in [9.17, 15) is 24.0 Å². The lowest BCUT2D eigenvalue weighted by Crippen LogP contribution is -2.54. The van der Waals surface area contributed by atoms with Crippen molar-refractivity contribution in [2.75, 3.05) is 18.0 Å². The van der Waals surface area contributed by atoms with Crippen molar-refractivity contribution < 1.29 is 28.7 Å². The fourth-order valence-electron chi connectivity index (χ4n) is 4.33. The first-order valence-electron chi connectivity index (χ1n) is 10.6. The number of rotatable bonds is 3. The molecular formula is C22H26N4O6. The van der Waals surface area contributed by atoms with Gasteiger partial charge in [0.2, 0.25) is 11.8 Å². The fraction of sp³-hybridized carbons (Fsp3) is 0.500. The molecule has 0 aromatic heterocycles. The lowest BCUT2D eigenvalue weighted by Gasteiger charge is -2.28. The molecule has 3 heterocycles. The maximum atomic E-state index is 13.3. The normalized spacial score (nSPS) is 23.3. The van der Waals surface area contributed by atoms with E-state index in [0.29, 0.717) is 25.2 Å². The van der Waals surface area contributed by atoms with Crippen molar-refractivity contribution in [1.29, 1.82) is 0 Å². The van der Waals surface area contributed by atoms with Crippen LogP contribution in [0.25, 0.3) is 0 Å². The summed E-state index contributed by atoms with van der Waals surface area (Å²) < 4.78 is 5.31. The van der Waals surface area contributed by atoms with Gasteiger partial charge in [0.25, 0.3) is 11.8 Å². The molecule has 1 aromatic carbocycles. The number of benzene rings is 1. The Kier molecular flexibility index (Phi) is 5.39. The minimum Gasteiger partial charge on any atom is -0.444 e. The van der Waals surface area contributed by atoms with Crippen molar-refractivity contribution in [3.63, 3.8) is 0 Å². The van der Waals surface area contributed by atoms with Crippen molar-refractivity contribution in [1.82, 2.24) is 15.5 Å². The van der Waals surface area contributed by atoms with Gasteiger partial charge < -0.3 is 15.0 Å². The lowest BCUT2D eigenvalue weighted by atomic mass is 10.0. The molecule has 2 fully saturated rings. The van der Waals surface area contributed by atoms with Gasteiger partial charge in [-0.15, -0.1) is 0 Å². The Morgan fingerprint density at radius 2 is 1.88 bits per heavy atom. The van der Waals surface area contributed by atoms with Crippen LogP contribution in [0.5, 0.6) is 0 Å². The van der Waals surface area contributed by atoms with E-state index in [1.54, 1.807) is 39.0 Å². The molecule has 3 aliphatic heterocycles. The predicted molar refractivity (Wildman–Crippen MR) is 113 cm³/mol. The number of imide groups is 2. The van der Waals surface area contributed by atoms with E-state index in [0.717, 1.165) is 4.90 Å². The predicted octanol–water partition coefficient (Wildman–Crippen LogP) is 1.19. The third kappa shape index (κ3) is 4.04. The summed E-state index contributed by atoms with van der Waals surface area (Å²) in [5, 5.41) is 5.04. The Hall–Kier alpha value is -3.43. The number of hydrogen-bond acceptors (Lipinski definition) is 7. The molecule has 2 unspecified atom stereocenters. The number of amides is 5. The van der Waals surface area contributed by atoms with E-state index < -0.39 is 41.4 Å². The van der Waals surface area contributed by atoms with Crippen LogP contribution >= 0.6 is 0 Å². The monoisotopic (exact) mass is 442 g/mol. The smallest absolute Gasteiger partial charge is 0.407 e. The Morgan fingerprint density at radius 1 is 1.12 bits per heavy atom. The SMILES string of the molecule is CC(C)(C)OC(=O)NC1CCN(c2cccc3c2C(=O)N(C2CCC(=O)NC2=O)C3=O)C1. The minimum absolute atomic E-state index is 0.0702. The van der Waals surface area contributed by atoms with E-state index >= 15 is 0 Å². The first-order chi connectivity index (χ1) is 15.0. The Bertz CT molecular complexity index is 1010. The van der Waals surface area contributed by atoms with Gasteiger partial charge in [0.15, 0.2) is 0 Å². The van der Waals surface area contributed by atoms with E-state index in [1.165, 1.54) is 0 Å². The summed E-state index contributed by atoms with van der Waals surface area (Å²) >= 11 is 0. The molecule has 0 bridgehead atoms. The lowest BCUT2D eigenvalue weighted by molar-refractivity contribution is -0.136. The molecular weight excluding hydrogens is 416 g/mol. The Labute approximate surface area is 185 Å². The average Bonchev–Trinajstić information content (AvgIpc) is 3.24. The van der Waals surface area contributed by atoms with Crippen LogP contribution in [0.2, 0.25) is 0 Å². The third-order valence-corrected chi connectivity index (χ3v) is 5.70. The minimum atomic E-state index is -1.01. The van der Waals surface area contributed by atoms with Gasteiger partial charge in [-0.3, -0.25) is 29.4 Å². The zero-order chi connectivity index (χ0) is 23.2. The third-order valence-electron chi connectivity index (χ3n) is 5.70. The number of alkyl carbamates (subject to hydrolysis) is 1. The number of piperidine rings is 1. The number of nitrogens with one attached hydrogen (secondary N) is 2. The molecule has 0 saturated carbocycles. The second-order valence-corrected chi connectivity index (χ2v) is 9.22. The summed E-state index contributed by atoms with van der Waals surface area (Å²) in [4.78, 5) is 65.0. The number of nitrogens with zero attached hydrogens (tertiary/aromatic N) is 2. The van der Waals surface area contributed by atoms with E-state index in [4.69, 9.17) is 4.74 Å². The van der Waals surface area contributed by atoms with E-state index in [1.807, 2.05) is 4.90 Å². The molecule has 32 heavy (non-hydrogen) atoms. The highest BCUT2D eigenvalue weighted by Gasteiger charge is 2.46. The highest BCUT2D eigenvalue weighted by molar-refractivity contribution is 6.25. The van der Waals surface area contributed by atoms with Crippen molar-refractivity contribution in [3.8, 4) is 0 Å². The molecule has 0 aliphatic carbocycles. The molecule has 0 spiro atoms. The van der Waals surface area contributed by atoms with Crippen LogP contribution < -0.4 is 15.5 Å². The van der Waals surface area contributed by atoms with Crippen LogP contribution in [0, 0.1) is 0 Å². The molecule has 2 saturated heterocycles. The van der Waals surface area contributed by atoms with Crippen LogP contribution in [0.3, 0.4) is 0 Å². The second-order valence-electron chi connectivity index (χ2n) is 9.22. The number of anilines is 1. The summed E-state index contributed by atoms with van der Waals surface area (Å²) in [7, 11) is 0. The fourth-order valence-corrected chi connectivity index (χ4v) is 4.33. The molecule has 1 aromatic rings. The molecule has 3 aliphatic rings. The number of carbonyl (C=O) groups excluding carboxylic acids is 5. The quantitative estimate of drug-likeness (QED) is 0.674. The zero-order valence-electron chi connectivity index (χ0n) is 18.3. The van der Waals surface area contributed by atoms with Gasteiger partial charge in [0, 0.05) is 19.5 Å². The maximum absolute atomic E-state index is 13.3. The van der Waals surface area contributed by atoms with Crippen molar-refractivity contribution in [2.45, 2.75) is 57.7 Å². The van der Waals surface area contributed by atoms with Gasteiger partial charge in [0.1, 0.15) is 11.6 Å². The van der Waals surface area contributed by atoms with Gasteiger partial charge in [-0.1, -0.05) is 6.07 Å². The first kappa shape index (κ1) is 21.8. The van der Waals surface area contributed by atoms with Crippen molar-refractivity contribution in [3.05, 3.63) is 29.3 Å². The Morgan fingerprint density at radius 3 is 2.56 bits per heavy atom. The molecule has 5 amide bonds. The van der Waals surface area contributed by atoms with Gasteiger partial charge >= 0.3 is 6.09 Å². The van der Waals surface area contributed by atoms with Crippen molar-refractivity contribution in [2.24, 2.45) is 0 Å². The molecule has 10 heteroatoms. The van der Waals surface area contributed by atoms with Gasteiger partial charge in [-0.25, -0.2) is 4.79 Å². The van der Waals surface area contributed by atoms with Crippen LogP contribution in [0.1, 0.15) is 60.7 Å². The topological polar surface area (TPSA) is 125 Å². The highest BCUT2D eigenvalue weighted by Crippen LogP contribution is 2.35. The van der Waals surface area contributed by atoms with Gasteiger partial charge in [-0.05, 0) is 45.7 Å². The maximum Gasteiger partial charge on any atom is 0.407 e. The average molecular weight is 442 g/mol. The summed E-state index contributed by atoms with van der Waals surface area (Å²) in [6.45, 7) is 6.40. The summed E-state index contributed by atoms with van der Waals surface area (Å²) in [6.07, 6.45) is 0.331. The largest absolute Gasteiger partial charge is 0.444 e. The standard InChI is InChI=1S/C22H26N4O6/c1-22(2,3)32-21(31)23-12-9-10-25(11-12)14-6-4-5-13-17(14)20(30)26(19(13)29)15-7-8-16(27)24-18(15)28/h4-6,12,15H,7-11H2,1-3H3,(H,23,31)(H,24,27,28). The number of fused-ring (bicyclic) bond motifs is 1. The molecule has 4 rings (SSSR count). The summed E-state index contributed by atoms with van der Waals surface area (Å²) in [5.41, 5.74) is 0.472. The number of carbonyl (C=O) groups is 5. The molecule has 0 radical (unpaired) electrons. The molecule has 10 nitrogen and oxygen atoms in total. The van der Waals surface area contributed by atoms with Crippen LogP contribution in [-0.2, 0) is 14.3 Å². The molecule has 2 atom stereocenters. The van der Waals surface area contributed by atoms with E-state index in [2.05, 4.69) is 10.6 Å². The summed E-state index contributed by atoms with van der Waals surface area (Å²) in [5.74, 6) is -2.13. The summed E-state index contributed by atoms with van der Waals surface area (Å²) in [6, 6.07) is 3.85. The number of hydrogen-bond donors (Lipinski definition) is 2. The van der Waals surface area contributed by atoms with Crippen LogP contribution in [0.4, 0.5) is 10.5 Å². The van der Waals surface area contributed by atoms with Crippen molar-refractivity contribution >= 4 is 35.4 Å². The van der Waals surface area contributed by atoms with Gasteiger partial charge in [0.05, 0.1) is 22.9 Å².